The minimum Gasteiger partial charge on any atom is -0.450 e. The zero-order valence-electron chi connectivity index (χ0n) is 16.3. The lowest BCUT2D eigenvalue weighted by Crippen LogP contribution is -2.40. The number of hydrogen-bond donors (Lipinski definition) is 0. The number of nitrogens with zero attached hydrogens (tertiary/aromatic N) is 2. The van der Waals surface area contributed by atoms with Gasteiger partial charge in [-0.1, -0.05) is 47.5 Å². The minimum atomic E-state index is -0.207. The van der Waals surface area contributed by atoms with Crippen LogP contribution in [-0.4, -0.2) is 35.7 Å². The van der Waals surface area contributed by atoms with Gasteiger partial charge in [-0.15, -0.1) is 0 Å². The van der Waals surface area contributed by atoms with E-state index in [-0.39, 0.29) is 12.0 Å². The van der Waals surface area contributed by atoms with Crippen LogP contribution in [0, 0.1) is 12.8 Å². The number of pyridine rings is 1. The normalized spacial score (nSPS) is 19.0. The molecule has 1 unspecified atom stereocenters. The highest BCUT2D eigenvalue weighted by Gasteiger charge is 2.34. The second-order valence-corrected chi connectivity index (χ2v) is 7.97. The summed E-state index contributed by atoms with van der Waals surface area (Å²) in [4.78, 5) is 18.7. The molecule has 4 nitrogen and oxygen atoms in total. The first-order valence-electron chi connectivity index (χ1n) is 9.93. The first kappa shape index (κ1) is 19.0. The van der Waals surface area contributed by atoms with E-state index in [1.165, 1.54) is 16.7 Å². The molecule has 146 valence electrons. The maximum Gasteiger partial charge on any atom is 0.409 e. The number of piperidine rings is 1. The Morgan fingerprint density at radius 2 is 2.04 bits per heavy atom. The Kier molecular flexibility index (Phi) is 5.40. The summed E-state index contributed by atoms with van der Waals surface area (Å²) in [5, 5.41) is 0.736. The zero-order chi connectivity index (χ0) is 19.7. The SMILES string of the molecule is CCOC(=O)N1CCC(C2c3ccc(C)cc3C=Cc3c(Cl)ccnc32)CC1. The number of carbonyl (C=O) groups excluding carboxylic acids is 1. The fourth-order valence-corrected chi connectivity index (χ4v) is 4.64. The van der Waals surface area contributed by atoms with Crippen molar-refractivity contribution in [1.82, 2.24) is 9.88 Å². The smallest absolute Gasteiger partial charge is 0.409 e. The standard InChI is InChI=1S/C23H25ClN2O2/c1-3-28-23(27)26-12-9-16(10-13-26)21-18-6-4-15(2)14-17(18)5-7-19-20(24)8-11-25-22(19)21/h4-8,11,14,16,21H,3,9-10,12-13H2,1-2H3. The molecule has 2 heterocycles. The quantitative estimate of drug-likeness (QED) is 0.670. The van der Waals surface area contributed by atoms with Gasteiger partial charge in [0, 0.05) is 30.8 Å². The summed E-state index contributed by atoms with van der Waals surface area (Å²) in [6.45, 7) is 5.79. The van der Waals surface area contributed by atoms with E-state index >= 15 is 0 Å². The lowest BCUT2D eigenvalue weighted by molar-refractivity contribution is 0.0900. The highest BCUT2D eigenvalue weighted by atomic mass is 35.5. The number of likely N-dealkylation sites (tertiary alicyclic amines) is 1. The Balaban J connectivity index is 1.70. The van der Waals surface area contributed by atoms with Gasteiger partial charge in [-0.3, -0.25) is 4.98 Å². The molecule has 0 spiro atoms. The number of carbonyl (C=O) groups is 1. The number of halogens is 1. The molecule has 0 bridgehead atoms. The van der Waals surface area contributed by atoms with Crippen LogP contribution in [0.4, 0.5) is 4.79 Å². The van der Waals surface area contributed by atoms with Crippen molar-refractivity contribution in [3.05, 3.63) is 63.4 Å². The average Bonchev–Trinajstić information content (AvgIpc) is 2.85. The molecule has 0 N–H and O–H groups in total. The molecule has 5 heteroatoms. The van der Waals surface area contributed by atoms with Crippen molar-refractivity contribution in [2.45, 2.75) is 32.6 Å². The maximum atomic E-state index is 12.1. The van der Waals surface area contributed by atoms with Gasteiger partial charge in [-0.2, -0.15) is 0 Å². The van der Waals surface area contributed by atoms with Crippen LogP contribution in [-0.2, 0) is 4.74 Å². The zero-order valence-corrected chi connectivity index (χ0v) is 17.1. The molecule has 1 aromatic carbocycles. The van der Waals surface area contributed by atoms with Crippen molar-refractivity contribution >= 4 is 29.8 Å². The third-order valence-corrected chi connectivity index (χ3v) is 6.14. The Morgan fingerprint density at radius 3 is 2.79 bits per heavy atom. The van der Waals surface area contributed by atoms with Crippen molar-refractivity contribution in [3.63, 3.8) is 0 Å². The summed E-state index contributed by atoms with van der Waals surface area (Å²) in [5.41, 5.74) is 5.82. The molecule has 1 aliphatic carbocycles. The summed E-state index contributed by atoms with van der Waals surface area (Å²) in [5.74, 6) is 0.570. The van der Waals surface area contributed by atoms with Gasteiger partial charge < -0.3 is 9.64 Å². The predicted octanol–water partition coefficient (Wildman–Crippen LogP) is 5.53. The third-order valence-electron chi connectivity index (χ3n) is 5.81. The van der Waals surface area contributed by atoms with Crippen molar-refractivity contribution in [3.8, 4) is 0 Å². The molecular formula is C23H25ClN2O2. The van der Waals surface area contributed by atoms with Crippen LogP contribution in [0.3, 0.4) is 0 Å². The number of benzene rings is 1. The monoisotopic (exact) mass is 396 g/mol. The van der Waals surface area contributed by atoms with E-state index in [1.54, 1.807) is 6.20 Å². The molecule has 1 aromatic heterocycles. The summed E-state index contributed by atoms with van der Waals surface area (Å²) < 4.78 is 5.17. The van der Waals surface area contributed by atoms with E-state index in [0.717, 1.165) is 29.1 Å². The van der Waals surface area contributed by atoms with Crippen LogP contribution in [0.25, 0.3) is 12.2 Å². The number of hydrogen-bond acceptors (Lipinski definition) is 3. The van der Waals surface area contributed by atoms with Crippen LogP contribution in [0.1, 0.15) is 53.6 Å². The average molecular weight is 397 g/mol. The summed E-state index contributed by atoms with van der Waals surface area (Å²) in [6.07, 6.45) is 7.68. The first-order chi connectivity index (χ1) is 13.6. The van der Waals surface area contributed by atoms with Crippen LogP contribution >= 0.6 is 11.6 Å². The van der Waals surface area contributed by atoms with Crippen molar-refractivity contribution in [1.29, 1.82) is 0 Å². The molecule has 0 saturated carbocycles. The van der Waals surface area contributed by atoms with E-state index in [9.17, 15) is 4.79 Å². The van der Waals surface area contributed by atoms with E-state index in [0.29, 0.717) is 25.6 Å². The van der Waals surface area contributed by atoms with Crippen molar-refractivity contribution in [2.75, 3.05) is 19.7 Å². The fourth-order valence-electron chi connectivity index (χ4n) is 4.43. The van der Waals surface area contributed by atoms with Crippen LogP contribution in [0.15, 0.2) is 30.5 Å². The van der Waals surface area contributed by atoms with Gasteiger partial charge in [0.1, 0.15) is 0 Å². The molecule has 1 saturated heterocycles. The highest BCUT2D eigenvalue weighted by molar-refractivity contribution is 6.32. The van der Waals surface area contributed by atoms with E-state index in [1.807, 2.05) is 17.9 Å². The van der Waals surface area contributed by atoms with Crippen molar-refractivity contribution < 1.29 is 9.53 Å². The lowest BCUT2D eigenvalue weighted by atomic mass is 9.76. The molecule has 1 amide bonds. The number of ether oxygens (including phenoxy) is 1. The van der Waals surface area contributed by atoms with Crippen LogP contribution in [0.5, 0.6) is 0 Å². The number of aromatic nitrogens is 1. The van der Waals surface area contributed by atoms with Crippen molar-refractivity contribution in [2.24, 2.45) is 5.92 Å². The molecule has 0 radical (unpaired) electrons. The molecule has 1 atom stereocenters. The first-order valence-corrected chi connectivity index (χ1v) is 10.3. The maximum absolute atomic E-state index is 12.1. The molecule has 1 fully saturated rings. The molecule has 2 aromatic rings. The Morgan fingerprint density at radius 1 is 1.25 bits per heavy atom. The fraction of sp³-hybridized carbons (Fsp3) is 0.391. The summed E-state index contributed by atoms with van der Waals surface area (Å²) >= 11 is 6.53. The molecule has 2 aliphatic rings. The lowest BCUT2D eigenvalue weighted by Gasteiger charge is -2.36. The van der Waals surface area contributed by atoms with Gasteiger partial charge in [-0.25, -0.2) is 4.79 Å². The Bertz CT molecular complexity index is 917. The van der Waals surface area contributed by atoms with Gasteiger partial charge in [0.15, 0.2) is 0 Å². The molecule has 4 rings (SSSR count). The highest BCUT2D eigenvalue weighted by Crippen LogP contribution is 2.43. The van der Waals surface area contributed by atoms with E-state index in [4.69, 9.17) is 21.3 Å². The number of aryl methyl sites for hydroxylation is 1. The summed E-state index contributed by atoms with van der Waals surface area (Å²) in [6, 6.07) is 8.48. The van der Waals surface area contributed by atoms with Gasteiger partial charge in [-0.05, 0) is 49.8 Å². The van der Waals surface area contributed by atoms with E-state index < -0.39 is 0 Å². The topological polar surface area (TPSA) is 42.4 Å². The van der Waals surface area contributed by atoms with Gasteiger partial charge >= 0.3 is 6.09 Å². The Hall–Kier alpha value is -2.33. The minimum absolute atomic E-state index is 0.170. The number of rotatable bonds is 2. The van der Waals surface area contributed by atoms with Gasteiger partial charge in [0.05, 0.1) is 17.3 Å². The van der Waals surface area contributed by atoms with Gasteiger partial charge in [0.2, 0.25) is 0 Å². The van der Waals surface area contributed by atoms with Crippen LogP contribution < -0.4 is 0 Å². The molecule has 28 heavy (non-hydrogen) atoms. The second-order valence-electron chi connectivity index (χ2n) is 7.56. The number of fused-ring (bicyclic) bond motifs is 2. The summed E-state index contributed by atoms with van der Waals surface area (Å²) in [7, 11) is 0. The van der Waals surface area contributed by atoms with Crippen LogP contribution in [0.2, 0.25) is 5.02 Å². The van der Waals surface area contributed by atoms with Gasteiger partial charge in [0.25, 0.3) is 0 Å². The second kappa shape index (κ2) is 7.96. The Labute approximate surface area is 171 Å². The molecule has 1 aliphatic heterocycles. The third kappa shape index (κ3) is 3.53. The van der Waals surface area contributed by atoms with E-state index in [2.05, 4.69) is 37.3 Å². The largest absolute Gasteiger partial charge is 0.450 e. The number of amides is 1. The molecular weight excluding hydrogens is 372 g/mol. The predicted molar refractivity (Wildman–Crippen MR) is 113 cm³/mol.